The first-order valence-corrected chi connectivity index (χ1v) is 11.7. The zero-order valence-electron chi connectivity index (χ0n) is 18.6. The number of halogens is 1. The third-order valence-electron chi connectivity index (χ3n) is 6.51. The van der Waals surface area contributed by atoms with Gasteiger partial charge in [-0.3, -0.25) is 9.69 Å². The molecule has 5 rings (SSSR count). The van der Waals surface area contributed by atoms with Crippen LogP contribution in [0.1, 0.15) is 42.3 Å². The average Bonchev–Trinajstić information content (AvgIpc) is 3.60. The van der Waals surface area contributed by atoms with E-state index in [9.17, 15) is 9.18 Å². The van der Waals surface area contributed by atoms with Gasteiger partial charge in [-0.1, -0.05) is 12.8 Å². The van der Waals surface area contributed by atoms with Crippen molar-refractivity contribution < 1.29 is 18.3 Å². The molecule has 1 aromatic carbocycles. The summed E-state index contributed by atoms with van der Waals surface area (Å²) < 4.78 is 27.0. The van der Waals surface area contributed by atoms with Crippen LogP contribution in [0, 0.1) is 5.82 Å². The van der Waals surface area contributed by atoms with Gasteiger partial charge in [0.15, 0.2) is 11.5 Å². The molecule has 1 amide bonds. The molecule has 7 nitrogen and oxygen atoms in total. The number of furan rings is 1. The summed E-state index contributed by atoms with van der Waals surface area (Å²) in [6.07, 6.45) is 6.38. The zero-order chi connectivity index (χ0) is 22.6. The largest absolute Gasteiger partial charge is 0.449 e. The number of hydrogen-bond donors (Lipinski definition) is 1. The summed E-state index contributed by atoms with van der Waals surface area (Å²) in [5, 5.41) is 2.95. The number of benzene rings is 1. The molecule has 174 valence electrons. The molecule has 1 N–H and O–H groups in total. The fourth-order valence-corrected chi connectivity index (χ4v) is 4.71. The first-order valence-electron chi connectivity index (χ1n) is 11.7. The van der Waals surface area contributed by atoms with E-state index in [-0.39, 0.29) is 17.5 Å². The standard InChI is InChI=1S/C25H29FN4O3/c26-19-7-5-18(6-8-19)23-24(30(17-28-23)20-3-1-2-4-20)21-9-10-22(33-21)25(31)27-11-12-29-13-15-32-16-14-29/h5-10,17,20H,1-4,11-16H2,(H,27,31). The Bertz CT molecular complexity index is 1080. The lowest BCUT2D eigenvalue weighted by molar-refractivity contribution is 0.0382. The van der Waals surface area contributed by atoms with Crippen molar-refractivity contribution in [2.75, 3.05) is 39.4 Å². The third kappa shape index (κ3) is 4.86. The van der Waals surface area contributed by atoms with E-state index in [1.807, 2.05) is 12.4 Å². The van der Waals surface area contributed by atoms with Gasteiger partial charge >= 0.3 is 0 Å². The van der Waals surface area contributed by atoms with Crippen LogP contribution in [0.3, 0.4) is 0 Å². The summed E-state index contributed by atoms with van der Waals surface area (Å²) >= 11 is 0. The molecular weight excluding hydrogens is 423 g/mol. The zero-order valence-corrected chi connectivity index (χ0v) is 18.6. The van der Waals surface area contributed by atoms with Crippen LogP contribution >= 0.6 is 0 Å². The molecule has 0 bridgehead atoms. The van der Waals surface area contributed by atoms with Crippen LogP contribution in [0.5, 0.6) is 0 Å². The summed E-state index contributed by atoms with van der Waals surface area (Å²) in [7, 11) is 0. The van der Waals surface area contributed by atoms with Gasteiger partial charge in [0.05, 0.1) is 25.2 Å². The maximum absolute atomic E-state index is 13.5. The number of aromatic nitrogens is 2. The minimum Gasteiger partial charge on any atom is -0.449 e. The molecule has 2 fully saturated rings. The molecule has 1 saturated carbocycles. The van der Waals surface area contributed by atoms with Crippen molar-refractivity contribution in [3.63, 3.8) is 0 Å². The second-order valence-corrected chi connectivity index (χ2v) is 8.67. The van der Waals surface area contributed by atoms with Crippen molar-refractivity contribution in [2.45, 2.75) is 31.7 Å². The lowest BCUT2D eigenvalue weighted by atomic mass is 10.1. The number of nitrogens with zero attached hydrogens (tertiary/aromatic N) is 3. The van der Waals surface area contributed by atoms with Crippen LogP contribution in [-0.4, -0.2) is 59.8 Å². The highest BCUT2D eigenvalue weighted by atomic mass is 19.1. The van der Waals surface area contributed by atoms with E-state index >= 15 is 0 Å². The van der Waals surface area contributed by atoms with Crippen LogP contribution in [0.25, 0.3) is 22.7 Å². The second-order valence-electron chi connectivity index (χ2n) is 8.67. The molecule has 1 saturated heterocycles. The van der Waals surface area contributed by atoms with Gasteiger partial charge in [0.2, 0.25) is 0 Å². The van der Waals surface area contributed by atoms with Gasteiger partial charge < -0.3 is 19.0 Å². The van der Waals surface area contributed by atoms with Crippen molar-refractivity contribution >= 4 is 5.91 Å². The van der Waals surface area contributed by atoms with Gasteiger partial charge in [-0.05, 0) is 49.2 Å². The fraction of sp³-hybridized carbons (Fsp3) is 0.440. The highest BCUT2D eigenvalue weighted by Gasteiger charge is 2.26. The third-order valence-corrected chi connectivity index (χ3v) is 6.51. The van der Waals surface area contributed by atoms with E-state index in [4.69, 9.17) is 9.15 Å². The molecule has 33 heavy (non-hydrogen) atoms. The van der Waals surface area contributed by atoms with E-state index in [0.29, 0.717) is 18.3 Å². The highest BCUT2D eigenvalue weighted by Crippen LogP contribution is 2.39. The van der Waals surface area contributed by atoms with E-state index in [0.717, 1.165) is 62.6 Å². The summed E-state index contributed by atoms with van der Waals surface area (Å²) in [6.45, 7) is 4.58. The van der Waals surface area contributed by atoms with Crippen LogP contribution in [-0.2, 0) is 4.74 Å². The van der Waals surface area contributed by atoms with E-state index in [1.54, 1.807) is 18.2 Å². The summed E-state index contributed by atoms with van der Waals surface area (Å²) in [4.78, 5) is 19.6. The normalized spacial score (nSPS) is 17.5. The van der Waals surface area contributed by atoms with Gasteiger partial charge in [-0.2, -0.15) is 0 Å². The molecule has 8 heteroatoms. The predicted molar refractivity (Wildman–Crippen MR) is 122 cm³/mol. The molecule has 0 spiro atoms. The summed E-state index contributed by atoms with van der Waals surface area (Å²) in [6, 6.07) is 10.2. The SMILES string of the molecule is O=C(NCCN1CCOCC1)c1ccc(-c2c(-c3ccc(F)cc3)ncn2C2CCCC2)o1. The van der Waals surface area contributed by atoms with Crippen molar-refractivity contribution in [3.05, 3.63) is 54.3 Å². The lowest BCUT2D eigenvalue weighted by Crippen LogP contribution is -2.41. The Kier molecular flexibility index (Phi) is 6.55. The monoisotopic (exact) mass is 452 g/mol. The first-order chi connectivity index (χ1) is 16.2. The summed E-state index contributed by atoms with van der Waals surface area (Å²) in [5.41, 5.74) is 2.38. The number of imidazole rings is 1. The van der Waals surface area contributed by atoms with Crippen LogP contribution < -0.4 is 5.32 Å². The Hall–Kier alpha value is -2.97. The smallest absolute Gasteiger partial charge is 0.287 e. The Morgan fingerprint density at radius 2 is 1.85 bits per heavy atom. The van der Waals surface area contributed by atoms with E-state index in [1.165, 1.54) is 25.0 Å². The first kappa shape index (κ1) is 21.9. The fourth-order valence-electron chi connectivity index (χ4n) is 4.71. The summed E-state index contributed by atoms with van der Waals surface area (Å²) in [5.74, 6) is 0.350. The number of carbonyl (C=O) groups excluding carboxylic acids is 1. The van der Waals surface area contributed by atoms with Crippen molar-refractivity contribution in [1.29, 1.82) is 0 Å². The Morgan fingerprint density at radius 3 is 2.61 bits per heavy atom. The predicted octanol–water partition coefficient (Wildman–Crippen LogP) is 4.13. The molecule has 2 aliphatic rings. The van der Waals surface area contributed by atoms with E-state index in [2.05, 4.69) is 19.8 Å². The molecule has 0 unspecified atom stereocenters. The molecule has 1 aliphatic heterocycles. The molecule has 1 aliphatic carbocycles. The number of nitrogens with one attached hydrogen (secondary N) is 1. The van der Waals surface area contributed by atoms with Gasteiger partial charge in [0, 0.05) is 37.8 Å². The Labute approximate surface area is 192 Å². The Balaban J connectivity index is 1.36. The average molecular weight is 453 g/mol. The highest BCUT2D eigenvalue weighted by molar-refractivity contribution is 5.92. The van der Waals surface area contributed by atoms with Crippen molar-refractivity contribution in [1.82, 2.24) is 19.8 Å². The molecule has 0 radical (unpaired) electrons. The molecule has 2 aromatic heterocycles. The number of amides is 1. The van der Waals surface area contributed by atoms with E-state index < -0.39 is 0 Å². The van der Waals surface area contributed by atoms with Crippen molar-refractivity contribution in [2.24, 2.45) is 0 Å². The molecule has 3 aromatic rings. The number of carbonyl (C=O) groups is 1. The topological polar surface area (TPSA) is 72.5 Å². The Morgan fingerprint density at radius 1 is 1.09 bits per heavy atom. The molecule has 0 atom stereocenters. The number of hydrogen-bond acceptors (Lipinski definition) is 5. The van der Waals surface area contributed by atoms with Crippen LogP contribution in [0.2, 0.25) is 0 Å². The number of rotatable bonds is 7. The van der Waals surface area contributed by atoms with Gasteiger partial charge in [0.25, 0.3) is 5.91 Å². The van der Waals surface area contributed by atoms with Crippen LogP contribution in [0.4, 0.5) is 4.39 Å². The molecule has 3 heterocycles. The second kappa shape index (κ2) is 9.89. The quantitative estimate of drug-likeness (QED) is 0.584. The molecular formula is C25H29FN4O3. The van der Waals surface area contributed by atoms with Gasteiger partial charge in [-0.15, -0.1) is 0 Å². The number of morpholine rings is 1. The lowest BCUT2D eigenvalue weighted by Gasteiger charge is -2.26. The van der Waals surface area contributed by atoms with Crippen LogP contribution in [0.15, 0.2) is 47.1 Å². The minimum absolute atomic E-state index is 0.232. The maximum Gasteiger partial charge on any atom is 0.287 e. The number of ether oxygens (including phenoxy) is 1. The minimum atomic E-state index is -0.287. The van der Waals surface area contributed by atoms with Gasteiger partial charge in [-0.25, -0.2) is 9.37 Å². The van der Waals surface area contributed by atoms with Gasteiger partial charge in [0.1, 0.15) is 11.5 Å². The van der Waals surface area contributed by atoms with Crippen molar-refractivity contribution in [3.8, 4) is 22.7 Å². The maximum atomic E-state index is 13.5.